The van der Waals surface area contributed by atoms with Crippen molar-refractivity contribution in [3.8, 4) is 0 Å². The van der Waals surface area contributed by atoms with Gasteiger partial charge in [-0.3, -0.25) is 0 Å². The first-order valence-corrected chi connectivity index (χ1v) is 7.65. The first-order valence-electron chi connectivity index (χ1n) is 6.53. The van der Waals surface area contributed by atoms with Crippen LogP contribution in [-0.4, -0.2) is 5.33 Å². The van der Waals surface area contributed by atoms with Gasteiger partial charge in [0, 0.05) is 5.33 Å². The van der Waals surface area contributed by atoms with E-state index < -0.39 is 0 Å². The highest BCUT2D eigenvalue weighted by Crippen LogP contribution is 2.58. The molecule has 0 radical (unpaired) electrons. The van der Waals surface area contributed by atoms with Crippen LogP contribution in [0.25, 0.3) is 0 Å². The highest BCUT2D eigenvalue weighted by molar-refractivity contribution is 9.09. The first kappa shape index (κ1) is 11.7. The number of fused-ring (bicyclic) bond motifs is 2. The van der Waals surface area contributed by atoms with E-state index in [1.807, 2.05) is 12.1 Å². The van der Waals surface area contributed by atoms with Gasteiger partial charge in [-0.15, -0.1) is 0 Å². The van der Waals surface area contributed by atoms with Crippen LogP contribution in [0.4, 0.5) is 4.39 Å². The van der Waals surface area contributed by atoms with Gasteiger partial charge < -0.3 is 0 Å². The van der Waals surface area contributed by atoms with E-state index >= 15 is 0 Å². The maximum absolute atomic E-state index is 13.8. The third-order valence-corrected chi connectivity index (χ3v) is 5.99. The lowest BCUT2D eigenvalue weighted by Crippen LogP contribution is -2.32. The molecule has 17 heavy (non-hydrogen) atoms. The molecule has 3 rings (SSSR count). The zero-order valence-electron chi connectivity index (χ0n) is 9.96. The molecule has 3 unspecified atom stereocenters. The van der Waals surface area contributed by atoms with Crippen molar-refractivity contribution in [1.29, 1.82) is 0 Å². The van der Waals surface area contributed by atoms with E-state index in [2.05, 4.69) is 15.9 Å². The molecular formula is C15H18BrF. The Morgan fingerprint density at radius 1 is 1.29 bits per heavy atom. The molecule has 2 saturated carbocycles. The molecule has 0 amide bonds. The summed E-state index contributed by atoms with van der Waals surface area (Å²) in [6.07, 6.45) is 6.32. The summed E-state index contributed by atoms with van der Waals surface area (Å²) in [5, 5.41) is 1.02. The van der Waals surface area contributed by atoms with Crippen molar-refractivity contribution < 1.29 is 4.39 Å². The normalized spacial score (nSPS) is 35.4. The van der Waals surface area contributed by atoms with Crippen molar-refractivity contribution in [2.24, 2.45) is 17.3 Å². The smallest absolute Gasteiger partial charge is 0.126 e. The number of hydrogen-bond donors (Lipinski definition) is 0. The summed E-state index contributed by atoms with van der Waals surface area (Å²) in [6.45, 7) is 0. The second-order valence-corrected chi connectivity index (χ2v) is 6.41. The molecule has 0 saturated heterocycles. The van der Waals surface area contributed by atoms with E-state index in [1.54, 1.807) is 12.1 Å². The van der Waals surface area contributed by atoms with Gasteiger partial charge in [0.1, 0.15) is 5.82 Å². The average molecular weight is 297 g/mol. The molecular weight excluding hydrogens is 279 g/mol. The van der Waals surface area contributed by atoms with Crippen LogP contribution in [0.15, 0.2) is 24.3 Å². The highest BCUT2D eigenvalue weighted by Gasteiger charge is 2.50. The van der Waals surface area contributed by atoms with Crippen LogP contribution in [0, 0.1) is 23.1 Å². The number of rotatable bonds is 3. The van der Waals surface area contributed by atoms with Crippen molar-refractivity contribution >= 4 is 15.9 Å². The predicted octanol–water partition coefficient (Wildman–Crippen LogP) is 4.57. The van der Waals surface area contributed by atoms with E-state index in [9.17, 15) is 4.39 Å². The molecule has 2 aliphatic rings. The molecule has 92 valence electrons. The zero-order valence-corrected chi connectivity index (χ0v) is 11.5. The number of benzene rings is 1. The van der Waals surface area contributed by atoms with Crippen molar-refractivity contribution in [2.75, 3.05) is 5.33 Å². The molecule has 1 aromatic rings. The van der Waals surface area contributed by atoms with E-state index in [4.69, 9.17) is 0 Å². The lowest BCUT2D eigenvalue weighted by molar-refractivity contribution is 0.195. The summed E-state index contributed by atoms with van der Waals surface area (Å²) in [4.78, 5) is 0. The van der Waals surface area contributed by atoms with Crippen LogP contribution in [0.5, 0.6) is 0 Å². The summed E-state index contributed by atoms with van der Waals surface area (Å²) in [7, 11) is 0. The zero-order chi connectivity index (χ0) is 11.9. The Labute approximate surface area is 111 Å². The second kappa shape index (κ2) is 4.38. The second-order valence-electron chi connectivity index (χ2n) is 5.84. The quantitative estimate of drug-likeness (QED) is 0.717. The fourth-order valence-electron chi connectivity index (χ4n) is 4.01. The summed E-state index contributed by atoms with van der Waals surface area (Å²) >= 11 is 3.69. The number of halogens is 2. The topological polar surface area (TPSA) is 0 Å². The third-order valence-electron chi connectivity index (χ3n) is 4.87. The minimum atomic E-state index is -0.0319. The molecule has 0 spiro atoms. The summed E-state index contributed by atoms with van der Waals surface area (Å²) < 4.78 is 13.8. The molecule has 0 aliphatic heterocycles. The van der Waals surface area contributed by atoms with Crippen LogP contribution in [0.2, 0.25) is 0 Å². The maximum Gasteiger partial charge on any atom is 0.126 e. The van der Waals surface area contributed by atoms with Crippen molar-refractivity contribution in [3.63, 3.8) is 0 Å². The van der Waals surface area contributed by atoms with Crippen molar-refractivity contribution in [3.05, 3.63) is 35.6 Å². The van der Waals surface area contributed by atoms with Crippen LogP contribution < -0.4 is 0 Å². The summed E-state index contributed by atoms with van der Waals surface area (Å²) in [5.41, 5.74) is 1.23. The number of hydrogen-bond acceptors (Lipinski definition) is 0. The maximum atomic E-state index is 13.8. The van der Waals surface area contributed by atoms with E-state index in [1.165, 1.54) is 25.7 Å². The molecule has 2 heteroatoms. The van der Waals surface area contributed by atoms with Crippen LogP contribution in [0.1, 0.15) is 31.2 Å². The molecule has 0 heterocycles. The third kappa shape index (κ3) is 1.95. The van der Waals surface area contributed by atoms with Crippen molar-refractivity contribution in [2.45, 2.75) is 32.1 Å². The fraction of sp³-hybridized carbons (Fsp3) is 0.600. The monoisotopic (exact) mass is 296 g/mol. The van der Waals surface area contributed by atoms with Gasteiger partial charge >= 0.3 is 0 Å². The van der Waals surface area contributed by atoms with E-state index in [-0.39, 0.29) is 5.82 Å². The Balaban J connectivity index is 1.86. The van der Waals surface area contributed by atoms with Gasteiger partial charge in [-0.1, -0.05) is 40.5 Å². The minimum Gasteiger partial charge on any atom is -0.207 e. The standard InChI is InChI=1S/C15H18BrF/c16-10-15(8-11-5-6-13(15)7-11)9-12-3-1-2-4-14(12)17/h1-4,11,13H,5-10H2. The van der Waals surface area contributed by atoms with Gasteiger partial charge in [-0.2, -0.15) is 0 Å². The molecule has 1 aromatic carbocycles. The summed E-state index contributed by atoms with van der Waals surface area (Å²) in [6, 6.07) is 7.27. The minimum absolute atomic E-state index is 0.0319. The highest BCUT2D eigenvalue weighted by atomic mass is 79.9. The molecule has 2 fully saturated rings. The Morgan fingerprint density at radius 3 is 2.71 bits per heavy atom. The predicted molar refractivity (Wildman–Crippen MR) is 71.8 cm³/mol. The first-order chi connectivity index (χ1) is 8.23. The Bertz CT molecular complexity index is 417. The Hall–Kier alpha value is -0.370. The molecule has 2 aliphatic carbocycles. The average Bonchev–Trinajstić information content (AvgIpc) is 2.93. The van der Waals surface area contributed by atoms with Gasteiger partial charge in [-0.05, 0) is 54.6 Å². The van der Waals surface area contributed by atoms with Gasteiger partial charge in [0.2, 0.25) is 0 Å². The largest absolute Gasteiger partial charge is 0.207 e. The van der Waals surface area contributed by atoms with Crippen LogP contribution >= 0.6 is 15.9 Å². The lowest BCUT2D eigenvalue weighted by Gasteiger charge is -2.36. The van der Waals surface area contributed by atoms with Gasteiger partial charge in [0.25, 0.3) is 0 Å². The van der Waals surface area contributed by atoms with E-state index in [0.717, 1.165) is 29.2 Å². The van der Waals surface area contributed by atoms with Crippen LogP contribution in [-0.2, 0) is 6.42 Å². The van der Waals surface area contributed by atoms with Crippen LogP contribution in [0.3, 0.4) is 0 Å². The fourth-order valence-corrected chi connectivity index (χ4v) is 4.89. The molecule has 3 atom stereocenters. The molecule has 0 aromatic heterocycles. The molecule has 0 nitrogen and oxygen atoms in total. The Morgan fingerprint density at radius 2 is 2.12 bits per heavy atom. The summed E-state index contributed by atoms with van der Waals surface area (Å²) in [5.74, 6) is 1.69. The molecule has 2 bridgehead atoms. The number of alkyl halides is 1. The Kier molecular flexibility index (Phi) is 3.02. The van der Waals surface area contributed by atoms with Gasteiger partial charge in [-0.25, -0.2) is 4.39 Å². The van der Waals surface area contributed by atoms with Crippen molar-refractivity contribution in [1.82, 2.24) is 0 Å². The van der Waals surface area contributed by atoms with E-state index in [0.29, 0.717) is 5.41 Å². The van der Waals surface area contributed by atoms with Gasteiger partial charge in [0.15, 0.2) is 0 Å². The lowest BCUT2D eigenvalue weighted by atomic mass is 9.71. The van der Waals surface area contributed by atoms with Gasteiger partial charge in [0.05, 0.1) is 0 Å². The molecule has 0 N–H and O–H groups in total. The SMILES string of the molecule is Fc1ccccc1CC1(CBr)CC2CCC1C2.